The van der Waals surface area contributed by atoms with Crippen LogP contribution in [0.2, 0.25) is 0 Å². The lowest BCUT2D eigenvalue weighted by Gasteiger charge is -2.14. The lowest BCUT2D eigenvalue weighted by atomic mass is 10.1. The highest BCUT2D eigenvalue weighted by molar-refractivity contribution is 5.93. The van der Waals surface area contributed by atoms with Crippen molar-refractivity contribution in [3.05, 3.63) is 29.8 Å². The van der Waals surface area contributed by atoms with Crippen molar-refractivity contribution in [2.75, 3.05) is 11.9 Å². The average molecular weight is 257 g/mol. The second-order valence-corrected chi connectivity index (χ2v) is 3.55. The molecule has 1 atom stereocenters. The molecule has 0 radical (unpaired) electrons. The number of nitrogens with zero attached hydrogens (tertiary/aromatic N) is 1. The van der Waals surface area contributed by atoms with Gasteiger partial charge in [-0.05, 0) is 18.2 Å². The van der Waals surface area contributed by atoms with Gasteiger partial charge in [-0.2, -0.15) is 18.4 Å². The van der Waals surface area contributed by atoms with Gasteiger partial charge in [0.25, 0.3) is 0 Å². The second-order valence-electron chi connectivity index (χ2n) is 3.55. The van der Waals surface area contributed by atoms with E-state index in [4.69, 9.17) is 11.0 Å². The number of alkyl halides is 3. The summed E-state index contributed by atoms with van der Waals surface area (Å²) in [6.07, 6.45) is -4.58. The topological polar surface area (TPSA) is 78.9 Å². The van der Waals surface area contributed by atoms with Crippen LogP contribution in [0.3, 0.4) is 0 Å². The zero-order valence-electron chi connectivity index (χ0n) is 9.16. The molecule has 1 amide bonds. The Morgan fingerprint density at radius 3 is 2.67 bits per heavy atom. The van der Waals surface area contributed by atoms with Gasteiger partial charge in [0.15, 0.2) is 5.92 Å². The molecule has 4 nitrogen and oxygen atoms in total. The third kappa shape index (κ3) is 3.66. The van der Waals surface area contributed by atoms with Crippen molar-refractivity contribution in [2.45, 2.75) is 6.18 Å². The van der Waals surface area contributed by atoms with E-state index in [0.29, 0.717) is 5.69 Å². The van der Waals surface area contributed by atoms with Gasteiger partial charge in [0.1, 0.15) is 0 Å². The van der Waals surface area contributed by atoms with E-state index in [1.165, 1.54) is 30.3 Å². The molecule has 7 heteroatoms. The van der Waals surface area contributed by atoms with Crippen molar-refractivity contribution in [2.24, 2.45) is 11.7 Å². The van der Waals surface area contributed by atoms with E-state index in [1.807, 2.05) is 0 Å². The Balaban J connectivity index is 2.72. The predicted octanol–water partition coefficient (Wildman–Crippen LogP) is 1.90. The number of primary amides is 1. The van der Waals surface area contributed by atoms with E-state index in [9.17, 15) is 18.0 Å². The number of hydrogen-bond acceptors (Lipinski definition) is 3. The Morgan fingerprint density at radius 1 is 1.50 bits per heavy atom. The molecule has 0 fully saturated rings. The molecule has 0 spiro atoms. The van der Waals surface area contributed by atoms with Gasteiger partial charge in [0.2, 0.25) is 5.91 Å². The van der Waals surface area contributed by atoms with E-state index < -0.39 is 24.5 Å². The molecule has 1 unspecified atom stereocenters. The molecule has 96 valence electrons. The van der Waals surface area contributed by atoms with Crippen molar-refractivity contribution in [3.8, 4) is 6.07 Å². The van der Waals surface area contributed by atoms with Crippen LogP contribution < -0.4 is 11.1 Å². The van der Waals surface area contributed by atoms with E-state index in [0.717, 1.165) is 0 Å². The van der Waals surface area contributed by atoms with Gasteiger partial charge in [0.05, 0.1) is 6.07 Å². The number of hydrogen-bond donors (Lipinski definition) is 2. The minimum atomic E-state index is -4.58. The second kappa shape index (κ2) is 5.40. The molecule has 0 aliphatic carbocycles. The summed E-state index contributed by atoms with van der Waals surface area (Å²) in [5, 5.41) is 10.8. The van der Waals surface area contributed by atoms with Gasteiger partial charge in [-0.25, -0.2) is 0 Å². The number of anilines is 1. The van der Waals surface area contributed by atoms with Crippen LogP contribution in [0.15, 0.2) is 24.3 Å². The monoisotopic (exact) mass is 257 g/mol. The van der Waals surface area contributed by atoms with Crippen LogP contribution in [0.25, 0.3) is 0 Å². The predicted molar refractivity (Wildman–Crippen MR) is 58.6 cm³/mol. The number of rotatable bonds is 4. The first kappa shape index (κ1) is 13.8. The van der Waals surface area contributed by atoms with Gasteiger partial charge in [-0.1, -0.05) is 6.07 Å². The Morgan fingerprint density at radius 2 is 2.17 bits per heavy atom. The summed E-state index contributed by atoms with van der Waals surface area (Å²) in [6.45, 7) is -0.581. The van der Waals surface area contributed by atoms with E-state index >= 15 is 0 Å². The first-order valence-corrected chi connectivity index (χ1v) is 4.94. The zero-order chi connectivity index (χ0) is 13.8. The molecule has 0 saturated carbocycles. The number of amides is 1. The van der Waals surface area contributed by atoms with Gasteiger partial charge in [0, 0.05) is 17.8 Å². The molecule has 0 heterocycles. The molecule has 1 rings (SSSR count). The summed E-state index contributed by atoms with van der Waals surface area (Å²) in [6, 6.07) is 6.91. The zero-order valence-corrected chi connectivity index (χ0v) is 9.16. The Hall–Kier alpha value is -2.23. The molecule has 0 saturated heterocycles. The van der Waals surface area contributed by atoms with E-state index in [-0.39, 0.29) is 5.56 Å². The van der Waals surface area contributed by atoms with Crippen LogP contribution in [-0.2, 0) is 0 Å². The van der Waals surface area contributed by atoms with Crippen molar-refractivity contribution in [3.63, 3.8) is 0 Å². The third-order valence-electron chi connectivity index (χ3n) is 2.21. The Labute approximate surface area is 101 Å². The summed E-state index contributed by atoms with van der Waals surface area (Å²) in [5.74, 6) is -2.78. The highest BCUT2D eigenvalue weighted by Crippen LogP contribution is 2.26. The molecule has 1 aromatic rings. The Kier molecular flexibility index (Phi) is 4.15. The number of nitrogens with one attached hydrogen (secondary N) is 1. The molecule has 3 N–H and O–H groups in total. The summed E-state index contributed by atoms with van der Waals surface area (Å²) in [4.78, 5) is 10.9. The number of benzene rings is 1. The molecule has 1 aromatic carbocycles. The van der Waals surface area contributed by atoms with Crippen molar-refractivity contribution < 1.29 is 18.0 Å². The van der Waals surface area contributed by atoms with Crippen LogP contribution in [0.5, 0.6) is 0 Å². The van der Waals surface area contributed by atoms with Crippen LogP contribution in [-0.4, -0.2) is 18.6 Å². The molecule has 0 aliphatic heterocycles. The molecule has 0 bridgehead atoms. The minimum absolute atomic E-state index is 0.181. The fourth-order valence-corrected chi connectivity index (χ4v) is 1.24. The first-order valence-electron chi connectivity index (χ1n) is 4.94. The lowest BCUT2D eigenvalue weighted by Crippen LogP contribution is -2.28. The van der Waals surface area contributed by atoms with Crippen molar-refractivity contribution in [1.29, 1.82) is 5.26 Å². The van der Waals surface area contributed by atoms with Gasteiger partial charge in [-0.3, -0.25) is 4.79 Å². The van der Waals surface area contributed by atoms with Crippen LogP contribution >= 0.6 is 0 Å². The largest absolute Gasteiger partial charge is 0.406 e. The fraction of sp³-hybridized carbons (Fsp3) is 0.273. The Bertz CT molecular complexity index is 479. The third-order valence-corrected chi connectivity index (χ3v) is 2.21. The maximum atomic E-state index is 12.3. The number of carbonyl (C=O) groups is 1. The summed E-state index contributed by atoms with van der Waals surface area (Å²) in [7, 11) is 0. The normalized spacial score (nSPS) is 12.6. The summed E-state index contributed by atoms with van der Waals surface area (Å²) >= 11 is 0. The maximum absolute atomic E-state index is 12.3. The SMILES string of the molecule is N#CC(CNc1cccc(C(N)=O)c1)C(F)(F)F. The molecular formula is C11H10F3N3O. The van der Waals surface area contributed by atoms with E-state index in [2.05, 4.69) is 5.32 Å². The first-order chi connectivity index (χ1) is 8.34. The number of carbonyl (C=O) groups excluding carboxylic acids is 1. The van der Waals surface area contributed by atoms with Gasteiger partial charge in [-0.15, -0.1) is 0 Å². The maximum Gasteiger partial charge on any atom is 0.406 e. The smallest absolute Gasteiger partial charge is 0.383 e. The number of nitrogens with two attached hydrogens (primary N) is 1. The quantitative estimate of drug-likeness (QED) is 0.864. The van der Waals surface area contributed by atoms with Crippen LogP contribution in [0, 0.1) is 17.2 Å². The molecule has 18 heavy (non-hydrogen) atoms. The van der Waals surface area contributed by atoms with Gasteiger partial charge >= 0.3 is 6.18 Å². The van der Waals surface area contributed by atoms with Crippen LogP contribution in [0.1, 0.15) is 10.4 Å². The number of halogens is 3. The summed E-state index contributed by atoms with van der Waals surface area (Å²) < 4.78 is 36.9. The van der Waals surface area contributed by atoms with Crippen molar-refractivity contribution in [1.82, 2.24) is 0 Å². The fourth-order valence-electron chi connectivity index (χ4n) is 1.24. The average Bonchev–Trinajstić information content (AvgIpc) is 2.28. The van der Waals surface area contributed by atoms with Crippen LogP contribution in [0.4, 0.5) is 18.9 Å². The summed E-state index contributed by atoms with van der Waals surface area (Å²) in [5.41, 5.74) is 5.52. The standard InChI is InChI=1S/C11H10F3N3O/c12-11(13,14)8(5-15)6-17-9-3-1-2-7(4-9)10(16)18/h1-4,8,17H,6H2,(H2,16,18). The lowest BCUT2D eigenvalue weighted by molar-refractivity contribution is -0.155. The minimum Gasteiger partial charge on any atom is -0.383 e. The number of nitriles is 1. The molecule has 0 aromatic heterocycles. The van der Waals surface area contributed by atoms with Gasteiger partial charge < -0.3 is 11.1 Å². The van der Waals surface area contributed by atoms with E-state index in [1.54, 1.807) is 0 Å². The molecular weight excluding hydrogens is 247 g/mol. The van der Waals surface area contributed by atoms with Crippen molar-refractivity contribution >= 4 is 11.6 Å². The highest BCUT2D eigenvalue weighted by atomic mass is 19.4. The highest BCUT2D eigenvalue weighted by Gasteiger charge is 2.39. The molecule has 0 aliphatic rings.